The highest BCUT2D eigenvalue weighted by molar-refractivity contribution is 6.32. The zero-order valence-corrected chi connectivity index (χ0v) is 11.1. The summed E-state index contributed by atoms with van der Waals surface area (Å²) in [5.74, 6) is 0.381. The third-order valence-electron chi connectivity index (χ3n) is 2.53. The molecule has 0 radical (unpaired) electrons. The summed E-state index contributed by atoms with van der Waals surface area (Å²) in [6.07, 6.45) is 2.88. The van der Waals surface area contributed by atoms with Gasteiger partial charge in [-0.3, -0.25) is 4.57 Å². The predicted molar refractivity (Wildman–Crippen MR) is 72.0 cm³/mol. The van der Waals surface area contributed by atoms with E-state index in [1.54, 1.807) is 6.07 Å². The van der Waals surface area contributed by atoms with Crippen molar-refractivity contribution in [2.45, 2.75) is 20.3 Å². The summed E-state index contributed by atoms with van der Waals surface area (Å²) in [6.45, 7) is 4.82. The molecule has 1 aromatic carbocycles. The fraction of sp³-hybridized carbons (Fsp3) is 0.308. The highest BCUT2D eigenvalue weighted by atomic mass is 35.5. The zero-order chi connectivity index (χ0) is 13.1. The molecular weight excluding hydrogens is 253 g/mol. The number of aryl methyl sites for hydroxylation is 1. The van der Waals surface area contributed by atoms with Gasteiger partial charge in [0.25, 0.3) is 0 Å². The highest BCUT2D eigenvalue weighted by Crippen LogP contribution is 2.25. The highest BCUT2D eigenvalue weighted by Gasteiger charge is 2.10. The molecule has 3 nitrogen and oxygen atoms in total. The van der Waals surface area contributed by atoms with Crippen molar-refractivity contribution in [3.05, 3.63) is 40.9 Å². The Morgan fingerprint density at radius 2 is 2.22 bits per heavy atom. The molecule has 0 bridgehead atoms. The third kappa shape index (κ3) is 2.64. The summed E-state index contributed by atoms with van der Waals surface area (Å²) >= 11 is 6.06. The van der Waals surface area contributed by atoms with Gasteiger partial charge in [-0.15, -0.1) is 0 Å². The molecule has 0 aliphatic carbocycles. The number of nitrogens with one attached hydrogen (secondary N) is 1. The quantitative estimate of drug-likeness (QED) is 0.913. The van der Waals surface area contributed by atoms with Crippen LogP contribution in [0.25, 0.3) is 5.69 Å². The second-order valence-corrected chi connectivity index (χ2v) is 4.51. The standard InChI is InChI=1S/C13H15ClFN3/c1-3-6-16-13-17-9(2)8-18(13)12-5-4-10(15)7-11(12)14/h4-5,7-8H,3,6H2,1-2H3,(H,16,17). The maximum Gasteiger partial charge on any atom is 0.207 e. The lowest BCUT2D eigenvalue weighted by molar-refractivity contribution is 0.627. The van der Waals surface area contributed by atoms with Crippen LogP contribution >= 0.6 is 11.6 Å². The van der Waals surface area contributed by atoms with Crippen LogP contribution in [0, 0.1) is 12.7 Å². The van der Waals surface area contributed by atoms with Gasteiger partial charge in [0.15, 0.2) is 0 Å². The fourth-order valence-corrected chi connectivity index (χ4v) is 1.98. The predicted octanol–water partition coefficient (Wildman–Crippen LogP) is 3.80. The number of anilines is 1. The lowest BCUT2D eigenvalue weighted by Gasteiger charge is -2.10. The lowest BCUT2D eigenvalue weighted by Crippen LogP contribution is -2.07. The van der Waals surface area contributed by atoms with Crippen LogP contribution in [0.5, 0.6) is 0 Å². The number of rotatable bonds is 4. The lowest BCUT2D eigenvalue weighted by atomic mass is 10.3. The summed E-state index contributed by atoms with van der Waals surface area (Å²) in [7, 11) is 0. The molecule has 2 rings (SSSR count). The van der Waals surface area contributed by atoms with Crippen LogP contribution in [-0.4, -0.2) is 16.1 Å². The van der Waals surface area contributed by atoms with Crippen molar-refractivity contribution in [2.24, 2.45) is 0 Å². The van der Waals surface area contributed by atoms with E-state index in [-0.39, 0.29) is 5.82 Å². The van der Waals surface area contributed by atoms with E-state index in [1.807, 2.05) is 17.7 Å². The van der Waals surface area contributed by atoms with Gasteiger partial charge in [0.05, 0.1) is 16.4 Å². The molecule has 0 amide bonds. The first-order chi connectivity index (χ1) is 8.61. The summed E-state index contributed by atoms with van der Waals surface area (Å²) < 4.78 is 14.9. The van der Waals surface area contributed by atoms with Crippen molar-refractivity contribution in [3.8, 4) is 5.69 Å². The molecular formula is C13H15ClFN3. The number of aromatic nitrogens is 2. The number of halogens is 2. The smallest absolute Gasteiger partial charge is 0.207 e. The minimum atomic E-state index is -0.344. The van der Waals surface area contributed by atoms with Gasteiger partial charge in [0.2, 0.25) is 5.95 Å². The van der Waals surface area contributed by atoms with E-state index in [0.29, 0.717) is 5.02 Å². The van der Waals surface area contributed by atoms with Crippen molar-refractivity contribution < 1.29 is 4.39 Å². The first-order valence-electron chi connectivity index (χ1n) is 5.87. The second kappa shape index (κ2) is 5.40. The first kappa shape index (κ1) is 12.9. The normalized spacial score (nSPS) is 10.7. The molecule has 0 saturated heterocycles. The maximum absolute atomic E-state index is 13.0. The van der Waals surface area contributed by atoms with Crippen molar-refractivity contribution in [2.75, 3.05) is 11.9 Å². The van der Waals surface area contributed by atoms with Crippen LogP contribution in [0.4, 0.5) is 10.3 Å². The fourth-order valence-electron chi connectivity index (χ4n) is 1.72. The van der Waals surface area contributed by atoms with Crippen LogP contribution in [0.1, 0.15) is 19.0 Å². The first-order valence-corrected chi connectivity index (χ1v) is 6.25. The van der Waals surface area contributed by atoms with Crippen LogP contribution < -0.4 is 5.32 Å². The number of hydrogen-bond donors (Lipinski definition) is 1. The van der Waals surface area contributed by atoms with E-state index < -0.39 is 0 Å². The number of benzene rings is 1. The molecule has 1 N–H and O–H groups in total. The molecule has 0 unspecified atom stereocenters. The van der Waals surface area contributed by atoms with Gasteiger partial charge in [-0.2, -0.15) is 0 Å². The van der Waals surface area contributed by atoms with Gasteiger partial charge < -0.3 is 5.32 Å². The molecule has 0 aliphatic heterocycles. The monoisotopic (exact) mass is 267 g/mol. The van der Waals surface area contributed by atoms with E-state index in [2.05, 4.69) is 17.2 Å². The minimum absolute atomic E-state index is 0.344. The average molecular weight is 268 g/mol. The van der Waals surface area contributed by atoms with Crippen LogP contribution in [-0.2, 0) is 0 Å². The molecule has 18 heavy (non-hydrogen) atoms. The number of hydrogen-bond acceptors (Lipinski definition) is 2. The largest absolute Gasteiger partial charge is 0.355 e. The Bertz CT molecular complexity index is 551. The zero-order valence-electron chi connectivity index (χ0n) is 10.4. The van der Waals surface area contributed by atoms with Gasteiger partial charge in [-0.1, -0.05) is 18.5 Å². The molecule has 2 aromatic rings. The molecule has 0 aliphatic rings. The third-order valence-corrected chi connectivity index (χ3v) is 2.83. The SMILES string of the molecule is CCCNc1nc(C)cn1-c1ccc(F)cc1Cl. The van der Waals surface area contributed by atoms with Gasteiger partial charge >= 0.3 is 0 Å². The van der Waals surface area contributed by atoms with Crippen molar-refractivity contribution in [1.29, 1.82) is 0 Å². The van der Waals surface area contributed by atoms with Gasteiger partial charge in [0, 0.05) is 12.7 Å². The van der Waals surface area contributed by atoms with E-state index in [1.165, 1.54) is 12.1 Å². The Labute approximate surface area is 111 Å². The van der Waals surface area contributed by atoms with Gasteiger partial charge in [-0.25, -0.2) is 9.37 Å². The van der Waals surface area contributed by atoms with E-state index in [4.69, 9.17) is 11.6 Å². The van der Waals surface area contributed by atoms with Crippen molar-refractivity contribution >= 4 is 17.5 Å². The van der Waals surface area contributed by atoms with Crippen LogP contribution in [0.15, 0.2) is 24.4 Å². The summed E-state index contributed by atoms with van der Waals surface area (Å²) in [5, 5.41) is 3.59. The Kier molecular flexibility index (Phi) is 3.87. The minimum Gasteiger partial charge on any atom is -0.355 e. The molecule has 1 heterocycles. The van der Waals surface area contributed by atoms with E-state index >= 15 is 0 Å². The Hall–Kier alpha value is -1.55. The van der Waals surface area contributed by atoms with Crippen molar-refractivity contribution in [3.63, 3.8) is 0 Å². The van der Waals surface area contributed by atoms with E-state index in [0.717, 1.165) is 30.3 Å². The van der Waals surface area contributed by atoms with Crippen molar-refractivity contribution in [1.82, 2.24) is 9.55 Å². The molecule has 0 fully saturated rings. The van der Waals surface area contributed by atoms with Crippen LogP contribution in [0.2, 0.25) is 5.02 Å². The molecule has 0 spiro atoms. The summed E-state index contributed by atoms with van der Waals surface area (Å²) in [6, 6.07) is 4.34. The summed E-state index contributed by atoms with van der Waals surface area (Å²) in [5.41, 5.74) is 1.60. The molecule has 96 valence electrons. The Morgan fingerprint density at radius 1 is 1.44 bits per heavy atom. The second-order valence-electron chi connectivity index (χ2n) is 4.10. The Balaban J connectivity index is 2.42. The molecule has 0 atom stereocenters. The molecule has 0 saturated carbocycles. The maximum atomic E-state index is 13.0. The number of nitrogens with zero attached hydrogens (tertiary/aromatic N) is 2. The average Bonchev–Trinajstić information content (AvgIpc) is 2.67. The van der Waals surface area contributed by atoms with E-state index in [9.17, 15) is 4.39 Å². The topological polar surface area (TPSA) is 29.9 Å². The van der Waals surface area contributed by atoms with Gasteiger partial charge in [0.1, 0.15) is 5.82 Å². The van der Waals surface area contributed by atoms with Gasteiger partial charge in [-0.05, 0) is 31.5 Å². The number of imidazole rings is 1. The molecule has 5 heteroatoms. The Morgan fingerprint density at radius 3 is 2.89 bits per heavy atom. The molecule has 1 aromatic heterocycles. The summed E-state index contributed by atoms with van der Waals surface area (Å²) in [4.78, 5) is 4.39. The van der Waals surface area contributed by atoms with Crippen LogP contribution in [0.3, 0.4) is 0 Å².